The van der Waals surface area contributed by atoms with E-state index in [4.69, 9.17) is 0 Å². The van der Waals surface area contributed by atoms with Crippen LogP contribution in [0.5, 0.6) is 0 Å². The number of amides is 1. The van der Waals surface area contributed by atoms with Crippen molar-refractivity contribution in [2.45, 2.75) is 25.3 Å². The third-order valence-electron chi connectivity index (χ3n) is 3.04. The maximum atomic E-state index is 12.0. The van der Waals surface area contributed by atoms with Crippen LogP contribution in [0.4, 0.5) is 5.69 Å². The number of aryl methyl sites for hydroxylation is 1. The molecular weight excluding hydrogens is 275 g/mol. The van der Waals surface area contributed by atoms with E-state index in [9.17, 15) is 4.79 Å². The van der Waals surface area contributed by atoms with Gasteiger partial charge in [-0.15, -0.1) is 24.8 Å². The summed E-state index contributed by atoms with van der Waals surface area (Å²) in [7, 11) is 3.65. The summed E-state index contributed by atoms with van der Waals surface area (Å²) in [5, 5.41) is 7.39. The predicted molar refractivity (Wildman–Crippen MR) is 76.8 cm³/mol. The highest BCUT2D eigenvalue weighted by Gasteiger charge is 2.20. The van der Waals surface area contributed by atoms with Gasteiger partial charge >= 0.3 is 0 Å². The van der Waals surface area contributed by atoms with Gasteiger partial charge in [0, 0.05) is 32.8 Å². The van der Waals surface area contributed by atoms with Gasteiger partial charge in [-0.05, 0) is 19.4 Å². The molecule has 0 bridgehead atoms. The summed E-state index contributed by atoms with van der Waals surface area (Å²) in [6.45, 7) is 1.04. The van der Waals surface area contributed by atoms with Crippen molar-refractivity contribution >= 4 is 36.4 Å². The highest BCUT2D eigenvalue weighted by atomic mass is 35.5. The zero-order valence-corrected chi connectivity index (χ0v) is 12.3. The quantitative estimate of drug-likeness (QED) is 0.916. The standard InChI is InChI=1S/C11H18N4O.2ClH/c1-14-8-10(7-13-14)15(2)11(16)6-9-4-3-5-12-9;;/h7-9,12H,3-6H2,1-2H3;2*1H. The van der Waals surface area contributed by atoms with E-state index in [1.807, 2.05) is 13.2 Å². The first-order valence-corrected chi connectivity index (χ1v) is 5.65. The lowest BCUT2D eigenvalue weighted by molar-refractivity contribution is -0.118. The molecule has 18 heavy (non-hydrogen) atoms. The number of nitrogens with one attached hydrogen (secondary N) is 1. The molecule has 1 unspecified atom stereocenters. The van der Waals surface area contributed by atoms with E-state index in [0.29, 0.717) is 12.5 Å². The Labute approximate surface area is 120 Å². The Hall–Kier alpha value is -0.780. The predicted octanol–water partition coefficient (Wildman–Crippen LogP) is 1.37. The van der Waals surface area contributed by atoms with Crippen LogP contribution in [0, 0.1) is 0 Å². The van der Waals surface area contributed by atoms with Crippen molar-refractivity contribution in [2.24, 2.45) is 7.05 Å². The van der Waals surface area contributed by atoms with Crippen LogP contribution in [-0.4, -0.2) is 35.3 Å². The SMILES string of the molecule is CN(C(=O)CC1CCCN1)c1cnn(C)c1.Cl.Cl. The van der Waals surface area contributed by atoms with Gasteiger partial charge in [0.25, 0.3) is 0 Å². The number of anilines is 1. The number of aromatic nitrogens is 2. The maximum Gasteiger partial charge on any atom is 0.228 e. The molecule has 2 rings (SSSR count). The fourth-order valence-electron chi connectivity index (χ4n) is 2.00. The molecular formula is C11H20Cl2N4O. The number of hydrogen-bond donors (Lipinski definition) is 1. The molecule has 1 aromatic rings. The number of halogens is 2. The molecule has 1 atom stereocenters. The van der Waals surface area contributed by atoms with E-state index in [-0.39, 0.29) is 30.7 Å². The summed E-state index contributed by atoms with van der Waals surface area (Å²) in [6.07, 6.45) is 6.41. The summed E-state index contributed by atoms with van der Waals surface area (Å²) < 4.78 is 1.70. The number of rotatable bonds is 3. The zero-order chi connectivity index (χ0) is 11.5. The van der Waals surface area contributed by atoms with Gasteiger partial charge in [0.1, 0.15) is 0 Å². The van der Waals surface area contributed by atoms with Crippen LogP contribution in [0.1, 0.15) is 19.3 Å². The smallest absolute Gasteiger partial charge is 0.228 e. The molecule has 0 aromatic carbocycles. The molecule has 0 spiro atoms. The normalized spacial score (nSPS) is 17.8. The highest BCUT2D eigenvalue weighted by molar-refractivity contribution is 5.92. The molecule has 7 heteroatoms. The fraction of sp³-hybridized carbons (Fsp3) is 0.636. The molecule has 2 heterocycles. The Morgan fingerprint density at radius 3 is 2.83 bits per heavy atom. The van der Waals surface area contributed by atoms with Gasteiger partial charge in [-0.2, -0.15) is 5.10 Å². The van der Waals surface area contributed by atoms with Crippen LogP contribution in [0.3, 0.4) is 0 Å². The van der Waals surface area contributed by atoms with Gasteiger partial charge < -0.3 is 10.2 Å². The lowest BCUT2D eigenvalue weighted by atomic mass is 10.1. The number of nitrogens with zero attached hydrogens (tertiary/aromatic N) is 3. The van der Waals surface area contributed by atoms with E-state index in [2.05, 4.69) is 10.4 Å². The van der Waals surface area contributed by atoms with E-state index in [1.165, 1.54) is 6.42 Å². The summed E-state index contributed by atoms with van der Waals surface area (Å²) in [4.78, 5) is 13.6. The average molecular weight is 295 g/mol. The number of hydrogen-bond acceptors (Lipinski definition) is 3. The second-order valence-corrected chi connectivity index (χ2v) is 4.32. The zero-order valence-electron chi connectivity index (χ0n) is 10.6. The van der Waals surface area contributed by atoms with Crippen LogP contribution in [0.25, 0.3) is 0 Å². The molecule has 1 saturated heterocycles. The molecule has 104 valence electrons. The lowest BCUT2D eigenvalue weighted by Gasteiger charge is -2.17. The van der Waals surface area contributed by atoms with Crippen LogP contribution in [-0.2, 0) is 11.8 Å². The molecule has 0 aliphatic carbocycles. The Balaban J connectivity index is 0.00000144. The first-order chi connectivity index (χ1) is 7.66. The third kappa shape index (κ3) is 4.15. The van der Waals surface area contributed by atoms with E-state index in [0.717, 1.165) is 18.7 Å². The number of carbonyl (C=O) groups is 1. The molecule has 5 nitrogen and oxygen atoms in total. The third-order valence-corrected chi connectivity index (χ3v) is 3.04. The fourth-order valence-corrected chi connectivity index (χ4v) is 2.00. The Morgan fingerprint density at radius 1 is 1.61 bits per heavy atom. The van der Waals surface area contributed by atoms with Gasteiger partial charge in [-0.25, -0.2) is 0 Å². The summed E-state index contributed by atoms with van der Waals surface area (Å²) in [5.74, 6) is 0.146. The van der Waals surface area contributed by atoms with Gasteiger partial charge in [-0.1, -0.05) is 0 Å². The van der Waals surface area contributed by atoms with Crippen molar-refractivity contribution in [3.8, 4) is 0 Å². The molecule has 1 aromatic heterocycles. The van der Waals surface area contributed by atoms with Gasteiger partial charge in [0.2, 0.25) is 5.91 Å². The van der Waals surface area contributed by atoms with Gasteiger partial charge in [-0.3, -0.25) is 9.48 Å². The Kier molecular flexibility index (Phi) is 7.28. The second-order valence-electron chi connectivity index (χ2n) is 4.32. The molecule has 1 amide bonds. The maximum absolute atomic E-state index is 12.0. The first-order valence-electron chi connectivity index (χ1n) is 5.65. The minimum absolute atomic E-state index is 0. The molecule has 1 N–H and O–H groups in total. The molecule has 0 saturated carbocycles. The van der Waals surface area contributed by atoms with Crippen LogP contribution in [0.15, 0.2) is 12.4 Å². The molecule has 1 aliphatic heterocycles. The molecule has 1 aliphatic rings. The van der Waals surface area contributed by atoms with Crippen molar-refractivity contribution < 1.29 is 4.79 Å². The minimum atomic E-state index is 0. The van der Waals surface area contributed by atoms with E-state index in [1.54, 1.807) is 22.8 Å². The molecule has 0 radical (unpaired) electrons. The van der Waals surface area contributed by atoms with Crippen molar-refractivity contribution in [1.82, 2.24) is 15.1 Å². The molecule has 1 fully saturated rings. The van der Waals surface area contributed by atoms with Gasteiger partial charge in [0.15, 0.2) is 0 Å². The van der Waals surface area contributed by atoms with E-state index >= 15 is 0 Å². The minimum Gasteiger partial charge on any atom is -0.313 e. The van der Waals surface area contributed by atoms with Gasteiger partial charge in [0.05, 0.1) is 11.9 Å². The largest absolute Gasteiger partial charge is 0.313 e. The monoisotopic (exact) mass is 294 g/mol. The second kappa shape index (κ2) is 7.61. The van der Waals surface area contributed by atoms with Crippen LogP contribution < -0.4 is 10.2 Å². The Morgan fingerprint density at radius 2 is 2.33 bits per heavy atom. The summed E-state index contributed by atoms with van der Waals surface area (Å²) in [6, 6.07) is 0.353. The van der Waals surface area contributed by atoms with Crippen molar-refractivity contribution in [3.05, 3.63) is 12.4 Å². The average Bonchev–Trinajstić information content (AvgIpc) is 2.88. The topological polar surface area (TPSA) is 50.2 Å². The van der Waals surface area contributed by atoms with Crippen molar-refractivity contribution in [2.75, 3.05) is 18.5 Å². The van der Waals surface area contributed by atoms with Crippen LogP contribution >= 0.6 is 24.8 Å². The van der Waals surface area contributed by atoms with Crippen molar-refractivity contribution in [1.29, 1.82) is 0 Å². The Bertz CT molecular complexity index is 377. The van der Waals surface area contributed by atoms with E-state index < -0.39 is 0 Å². The lowest BCUT2D eigenvalue weighted by Crippen LogP contribution is -2.33. The number of carbonyl (C=O) groups excluding carboxylic acids is 1. The highest BCUT2D eigenvalue weighted by Crippen LogP contribution is 2.15. The van der Waals surface area contributed by atoms with Crippen molar-refractivity contribution in [3.63, 3.8) is 0 Å². The first kappa shape index (κ1) is 17.2. The van der Waals surface area contributed by atoms with Crippen LogP contribution in [0.2, 0.25) is 0 Å². The summed E-state index contributed by atoms with van der Waals surface area (Å²) >= 11 is 0. The summed E-state index contributed by atoms with van der Waals surface area (Å²) in [5.41, 5.74) is 0.852.